The highest BCUT2D eigenvalue weighted by Gasteiger charge is 2.30. The Kier molecular flexibility index (Phi) is 2.49. The van der Waals surface area contributed by atoms with E-state index in [-0.39, 0.29) is 0 Å². The first-order chi connectivity index (χ1) is 5.01. The average molecular weight is 161 g/mol. The highest BCUT2D eigenvalue weighted by Crippen LogP contribution is 2.19. The Bertz CT molecular complexity index is 138. The minimum Gasteiger partial charge on any atom is -0.389 e. The van der Waals surface area contributed by atoms with Crippen LogP contribution in [0, 0.1) is 0 Å². The molecule has 3 N–H and O–H groups in total. The quantitative estimate of drug-likeness (QED) is 0.516. The molecule has 0 aromatic heterocycles. The summed E-state index contributed by atoms with van der Waals surface area (Å²) in [6, 6.07) is 0. The van der Waals surface area contributed by atoms with Gasteiger partial charge in [-0.2, -0.15) is 0 Å². The van der Waals surface area contributed by atoms with Crippen LogP contribution in [0.2, 0.25) is 0 Å². The summed E-state index contributed by atoms with van der Waals surface area (Å²) in [6.45, 7) is 4.05. The first-order valence-corrected chi connectivity index (χ1v) is 3.77. The third kappa shape index (κ3) is 2.41. The Morgan fingerprint density at radius 2 is 2.18 bits per heavy atom. The first kappa shape index (κ1) is 8.93. The van der Waals surface area contributed by atoms with Crippen LogP contribution in [0.3, 0.4) is 0 Å². The zero-order valence-electron chi connectivity index (χ0n) is 6.91. The van der Waals surface area contributed by atoms with Crippen molar-refractivity contribution in [1.29, 1.82) is 0 Å². The lowest BCUT2D eigenvalue weighted by Crippen LogP contribution is -2.41. The molecular formula is C7H15NO3. The molecule has 0 aromatic carbocycles. The molecule has 2 unspecified atom stereocenters. The third-order valence-electron chi connectivity index (χ3n) is 1.66. The minimum atomic E-state index is -0.670. The molecule has 4 nitrogen and oxygen atoms in total. The van der Waals surface area contributed by atoms with Crippen molar-refractivity contribution in [2.75, 3.05) is 6.61 Å². The largest absolute Gasteiger partial charge is 0.389 e. The van der Waals surface area contributed by atoms with Gasteiger partial charge in [-0.1, -0.05) is 0 Å². The van der Waals surface area contributed by atoms with Crippen LogP contribution in [0.4, 0.5) is 0 Å². The topological polar surface area (TPSA) is 64.7 Å². The summed E-state index contributed by atoms with van der Waals surface area (Å²) in [5.74, 6) is -0.670. The molecule has 0 bridgehead atoms. The molecule has 4 heteroatoms. The van der Waals surface area contributed by atoms with Crippen molar-refractivity contribution in [3.05, 3.63) is 0 Å². The highest BCUT2D eigenvalue weighted by atomic mass is 16.7. The van der Waals surface area contributed by atoms with Gasteiger partial charge >= 0.3 is 0 Å². The summed E-state index contributed by atoms with van der Waals surface area (Å²) in [7, 11) is 0. The van der Waals surface area contributed by atoms with Crippen molar-refractivity contribution < 1.29 is 14.6 Å². The van der Waals surface area contributed by atoms with Crippen molar-refractivity contribution in [1.82, 2.24) is 0 Å². The summed E-state index contributed by atoms with van der Waals surface area (Å²) >= 11 is 0. The molecule has 2 atom stereocenters. The SMILES string of the molecule is CC1(C)OCCC(O)C(N)O1. The maximum Gasteiger partial charge on any atom is 0.164 e. The smallest absolute Gasteiger partial charge is 0.164 e. The number of aliphatic hydroxyl groups excluding tert-OH is 1. The van der Waals surface area contributed by atoms with E-state index < -0.39 is 18.1 Å². The summed E-state index contributed by atoms with van der Waals surface area (Å²) in [5.41, 5.74) is 5.50. The minimum absolute atomic E-state index is 0.488. The number of aliphatic hydroxyl groups is 1. The van der Waals surface area contributed by atoms with Crippen LogP contribution in [0.25, 0.3) is 0 Å². The molecule has 1 fully saturated rings. The van der Waals surface area contributed by atoms with Crippen molar-refractivity contribution in [2.45, 2.75) is 38.4 Å². The van der Waals surface area contributed by atoms with Crippen LogP contribution in [-0.2, 0) is 9.47 Å². The van der Waals surface area contributed by atoms with Gasteiger partial charge in [0.05, 0.1) is 12.7 Å². The van der Waals surface area contributed by atoms with Crippen molar-refractivity contribution in [2.24, 2.45) is 5.73 Å². The Hall–Kier alpha value is -0.160. The van der Waals surface area contributed by atoms with Crippen molar-refractivity contribution in [3.63, 3.8) is 0 Å². The molecule has 0 radical (unpaired) electrons. The van der Waals surface area contributed by atoms with E-state index in [0.29, 0.717) is 13.0 Å². The summed E-state index contributed by atoms with van der Waals surface area (Å²) in [5, 5.41) is 9.26. The standard InChI is InChI=1S/C7H15NO3/c1-7(2)10-4-3-5(9)6(8)11-7/h5-6,9H,3-4,8H2,1-2H3. The van der Waals surface area contributed by atoms with E-state index in [1.54, 1.807) is 13.8 Å². The number of hydrogen-bond acceptors (Lipinski definition) is 4. The van der Waals surface area contributed by atoms with E-state index in [0.717, 1.165) is 0 Å². The Balaban J connectivity index is 2.55. The number of rotatable bonds is 0. The molecule has 1 rings (SSSR count). The van der Waals surface area contributed by atoms with E-state index in [4.69, 9.17) is 15.2 Å². The molecular weight excluding hydrogens is 146 g/mol. The van der Waals surface area contributed by atoms with E-state index >= 15 is 0 Å². The maximum absolute atomic E-state index is 9.26. The lowest BCUT2D eigenvalue weighted by molar-refractivity contribution is -0.228. The molecule has 66 valence electrons. The zero-order chi connectivity index (χ0) is 8.48. The lowest BCUT2D eigenvalue weighted by Gasteiger charge is -2.26. The zero-order valence-corrected chi connectivity index (χ0v) is 6.91. The van der Waals surface area contributed by atoms with Gasteiger partial charge in [0.1, 0.15) is 6.23 Å². The van der Waals surface area contributed by atoms with E-state index in [2.05, 4.69) is 0 Å². The molecule has 1 aliphatic rings. The fraction of sp³-hybridized carbons (Fsp3) is 1.00. The van der Waals surface area contributed by atoms with Crippen molar-refractivity contribution >= 4 is 0 Å². The van der Waals surface area contributed by atoms with Crippen molar-refractivity contribution in [3.8, 4) is 0 Å². The monoisotopic (exact) mass is 161 g/mol. The predicted octanol–water partition coefficient (Wildman–Crippen LogP) is -0.195. The summed E-state index contributed by atoms with van der Waals surface area (Å²) < 4.78 is 10.5. The second-order valence-corrected chi connectivity index (χ2v) is 3.19. The fourth-order valence-electron chi connectivity index (χ4n) is 1.03. The highest BCUT2D eigenvalue weighted by molar-refractivity contribution is 4.70. The van der Waals surface area contributed by atoms with Gasteiger partial charge < -0.3 is 20.3 Å². The molecule has 0 aliphatic carbocycles. The molecule has 0 spiro atoms. The second-order valence-electron chi connectivity index (χ2n) is 3.19. The second kappa shape index (κ2) is 3.06. The Morgan fingerprint density at radius 1 is 1.55 bits per heavy atom. The van der Waals surface area contributed by atoms with E-state index in [9.17, 15) is 5.11 Å². The van der Waals surface area contributed by atoms with Crippen LogP contribution in [0.15, 0.2) is 0 Å². The predicted molar refractivity (Wildman–Crippen MR) is 39.7 cm³/mol. The summed E-state index contributed by atoms with van der Waals surface area (Å²) in [4.78, 5) is 0. The molecule has 0 saturated carbocycles. The third-order valence-corrected chi connectivity index (χ3v) is 1.66. The Labute approximate surface area is 66.3 Å². The van der Waals surface area contributed by atoms with Gasteiger partial charge in [0.15, 0.2) is 5.79 Å². The van der Waals surface area contributed by atoms with Crippen LogP contribution >= 0.6 is 0 Å². The molecule has 1 heterocycles. The van der Waals surface area contributed by atoms with Gasteiger partial charge in [0, 0.05) is 6.42 Å². The van der Waals surface area contributed by atoms with Gasteiger partial charge in [-0.25, -0.2) is 0 Å². The number of nitrogens with two attached hydrogens (primary N) is 1. The fourth-order valence-corrected chi connectivity index (χ4v) is 1.03. The molecule has 11 heavy (non-hydrogen) atoms. The number of hydrogen-bond donors (Lipinski definition) is 2. The van der Waals surface area contributed by atoms with Gasteiger partial charge in [-0.05, 0) is 13.8 Å². The van der Waals surface area contributed by atoms with Gasteiger partial charge in [-0.15, -0.1) is 0 Å². The van der Waals surface area contributed by atoms with Crippen LogP contribution in [-0.4, -0.2) is 29.8 Å². The maximum atomic E-state index is 9.26. The van der Waals surface area contributed by atoms with E-state index in [1.807, 2.05) is 0 Å². The van der Waals surface area contributed by atoms with Crippen LogP contribution < -0.4 is 5.73 Å². The average Bonchev–Trinajstić information content (AvgIpc) is 1.93. The van der Waals surface area contributed by atoms with Crippen LogP contribution in [0.1, 0.15) is 20.3 Å². The normalized spacial score (nSPS) is 38.2. The molecule has 1 aliphatic heterocycles. The first-order valence-electron chi connectivity index (χ1n) is 3.77. The lowest BCUT2D eigenvalue weighted by atomic mass is 10.2. The molecule has 1 saturated heterocycles. The summed E-state index contributed by atoms with van der Waals surface area (Å²) in [6.07, 6.45) is -0.714. The van der Waals surface area contributed by atoms with Gasteiger partial charge in [-0.3, -0.25) is 0 Å². The van der Waals surface area contributed by atoms with Gasteiger partial charge in [0.2, 0.25) is 0 Å². The molecule has 0 amide bonds. The van der Waals surface area contributed by atoms with Crippen LogP contribution in [0.5, 0.6) is 0 Å². The number of ether oxygens (including phenoxy) is 2. The molecule has 0 aromatic rings. The van der Waals surface area contributed by atoms with E-state index in [1.165, 1.54) is 0 Å². The Morgan fingerprint density at radius 3 is 2.82 bits per heavy atom. The van der Waals surface area contributed by atoms with Gasteiger partial charge in [0.25, 0.3) is 0 Å².